The highest BCUT2D eigenvalue weighted by Crippen LogP contribution is 2.46. The third kappa shape index (κ3) is 3.35. The summed E-state index contributed by atoms with van der Waals surface area (Å²) in [6.45, 7) is 6.41. The summed E-state index contributed by atoms with van der Waals surface area (Å²) in [5.41, 5.74) is 1.35. The average Bonchev–Trinajstić information content (AvgIpc) is 3.44. The third-order valence-electron chi connectivity index (χ3n) is 5.63. The molecule has 1 N–H and O–H groups in total. The van der Waals surface area contributed by atoms with E-state index in [-0.39, 0.29) is 11.1 Å². The van der Waals surface area contributed by atoms with Crippen LogP contribution in [0.3, 0.4) is 0 Å². The van der Waals surface area contributed by atoms with Crippen molar-refractivity contribution in [3.63, 3.8) is 0 Å². The summed E-state index contributed by atoms with van der Waals surface area (Å²) in [6.07, 6.45) is 0. The first-order valence-corrected chi connectivity index (χ1v) is 12.0. The summed E-state index contributed by atoms with van der Waals surface area (Å²) in [6, 6.07) is 15.2. The van der Waals surface area contributed by atoms with Crippen LogP contribution < -0.4 is 30.6 Å². The van der Waals surface area contributed by atoms with Gasteiger partial charge in [0.05, 0.1) is 23.8 Å². The number of nitrogens with zero attached hydrogens (tertiary/aromatic N) is 3. The minimum absolute atomic E-state index is 0.113. The van der Waals surface area contributed by atoms with Crippen LogP contribution in [0.1, 0.15) is 6.92 Å². The first-order chi connectivity index (χ1) is 15.9. The smallest absolute Gasteiger partial charge is 0.282 e. The summed E-state index contributed by atoms with van der Waals surface area (Å²) < 4.78 is 9.68. The fourth-order valence-corrected chi connectivity index (χ4v) is 6.49. The molecule has 0 spiro atoms. The summed E-state index contributed by atoms with van der Waals surface area (Å²) in [5.74, 6) is 0.760. The van der Waals surface area contributed by atoms with Gasteiger partial charge in [-0.3, -0.25) is 19.3 Å². The molecular formula is C24H22N4O3S2. The second-order valence-electron chi connectivity index (χ2n) is 7.53. The maximum absolute atomic E-state index is 13.4. The highest BCUT2D eigenvalue weighted by atomic mass is 32.2. The predicted octanol–water partition coefficient (Wildman–Crippen LogP) is 2.42. The Balaban J connectivity index is 1.82. The van der Waals surface area contributed by atoms with Crippen molar-refractivity contribution in [3.05, 3.63) is 89.0 Å². The molecular weight excluding hydrogens is 456 g/mol. The molecule has 168 valence electrons. The lowest BCUT2D eigenvalue weighted by atomic mass is 10.3. The Bertz CT molecular complexity index is 1700. The number of thiazole rings is 1. The number of benzene rings is 2. The number of thioether (sulfide) groups is 1. The number of para-hydroxylation sites is 1. The number of aromatic amines is 1. The van der Waals surface area contributed by atoms with Crippen LogP contribution in [0.2, 0.25) is 0 Å². The quantitative estimate of drug-likeness (QED) is 0.490. The Hall–Kier alpha value is -3.43. The van der Waals surface area contributed by atoms with Gasteiger partial charge in [-0.05, 0) is 31.2 Å². The SMILES string of the molecule is C=c1[nH]n(-c2ccccc2)c(=O)c1=c1sc(=C2Sc3ccc(OC)cc3N2C)c(=O)n1CC. The van der Waals surface area contributed by atoms with Gasteiger partial charge in [-0.1, -0.05) is 36.5 Å². The molecule has 0 saturated heterocycles. The van der Waals surface area contributed by atoms with E-state index in [4.69, 9.17) is 4.74 Å². The Morgan fingerprint density at radius 3 is 2.55 bits per heavy atom. The molecule has 2 aromatic heterocycles. The Morgan fingerprint density at radius 2 is 1.85 bits per heavy atom. The van der Waals surface area contributed by atoms with Crippen LogP contribution in [0.15, 0.2) is 63.0 Å². The van der Waals surface area contributed by atoms with Gasteiger partial charge in [0.1, 0.15) is 25.2 Å². The lowest BCUT2D eigenvalue weighted by Gasteiger charge is -2.13. The molecule has 0 radical (unpaired) electrons. The summed E-state index contributed by atoms with van der Waals surface area (Å²) in [5, 5.41) is 4.79. The highest BCUT2D eigenvalue weighted by Gasteiger charge is 2.25. The van der Waals surface area contributed by atoms with Gasteiger partial charge in [-0.15, -0.1) is 11.3 Å². The molecule has 0 fully saturated rings. The van der Waals surface area contributed by atoms with Gasteiger partial charge in [0.25, 0.3) is 11.1 Å². The molecule has 5 rings (SSSR count). The van der Waals surface area contributed by atoms with Crippen LogP contribution in [0.5, 0.6) is 5.75 Å². The third-order valence-corrected chi connectivity index (χ3v) is 8.18. The maximum atomic E-state index is 13.4. The van der Waals surface area contributed by atoms with Gasteiger partial charge in [0.2, 0.25) is 0 Å². The number of ether oxygens (including phenoxy) is 1. The number of aromatic nitrogens is 3. The van der Waals surface area contributed by atoms with E-state index in [9.17, 15) is 9.59 Å². The molecule has 0 amide bonds. The number of methoxy groups -OCH3 is 1. The molecule has 9 heteroatoms. The summed E-state index contributed by atoms with van der Waals surface area (Å²) in [7, 11) is 3.57. The largest absolute Gasteiger partial charge is 0.497 e. The zero-order valence-corrected chi connectivity index (χ0v) is 20.0. The number of anilines is 1. The van der Waals surface area contributed by atoms with E-state index in [1.807, 2.05) is 67.4 Å². The van der Waals surface area contributed by atoms with Crippen LogP contribution in [-0.2, 0) is 6.54 Å². The van der Waals surface area contributed by atoms with Crippen LogP contribution >= 0.6 is 23.1 Å². The number of hydrogen-bond donors (Lipinski definition) is 1. The molecule has 0 aliphatic carbocycles. The second kappa shape index (κ2) is 8.17. The molecule has 0 atom stereocenters. The topological polar surface area (TPSA) is 72.3 Å². The number of rotatable bonds is 3. The Labute approximate surface area is 197 Å². The van der Waals surface area contributed by atoms with E-state index in [1.54, 1.807) is 23.4 Å². The Kier molecular flexibility index (Phi) is 5.30. The van der Waals surface area contributed by atoms with Crippen LogP contribution in [0, 0.1) is 9.88 Å². The van der Waals surface area contributed by atoms with Crippen molar-refractivity contribution in [1.29, 1.82) is 0 Å². The van der Waals surface area contributed by atoms with Crippen LogP contribution in [0.25, 0.3) is 17.3 Å². The molecule has 7 nitrogen and oxygen atoms in total. The fraction of sp³-hybridized carbons (Fsp3) is 0.167. The number of nitrogens with one attached hydrogen (secondary N) is 1. The van der Waals surface area contributed by atoms with Gasteiger partial charge in [0.15, 0.2) is 0 Å². The van der Waals surface area contributed by atoms with E-state index in [0.717, 1.165) is 21.4 Å². The minimum atomic E-state index is -0.230. The standard InChI is InChI=1S/C24H22N4O3S2/c1-5-27-22(30)20(24-26(3)17-13-16(31-4)11-12-18(17)32-24)33-23(27)19-14(2)25-28(21(19)29)15-9-7-6-8-10-15/h6-13,25H,2,5H2,1,3-4H3. The maximum Gasteiger partial charge on any atom is 0.282 e. The van der Waals surface area contributed by atoms with Gasteiger partial charge in [0, 0.05) is 24.6 Å². The summed E-state index contributed by atoms with van der Waals surface area (Å²) in [4.78, 5) is 29.9. The van der Waals surface area contributed by atoms with E-state index >= 15 is 0 Å². The predicted molar refractivity (Wildman–Crippen MR) is 134 cm³/mol. The molecule has 0 bridgehead atoms. The molecule has 4 aromatic rings. The lowest BCUT2D eigenvalue weighted by Crippen LogP contribution is -2.31. The van der Waals surface area contributed by atoms with E-state index < -0.39 is 0 Å². The second-order valence-corrected chi connectivity index (χ2v) is 9.56. The molecule has 1 aliphatic rings. The first-order valence-electron chi connectivity index (χ1n) is 10.4. The number of fused-ring (bicyclic) bond motifs is 1. The van der Waals surface area contributed by atoms with Crippen LogP contribution in [0.4, 0.5) is 5.69 Å². The monoisotopic (exact) mass is 478 g/mol. The molecule has 3 heterocycles. The van der Waals surface area contributed by atoms with E-state index in [1.165, 1.54) is 16.0 Å². The van der Waals surface area contributed by atoms with Crippen LogP contribution in [-0.4, -0.2) is 28.5 Å². The van der Waals surface area contributed by atoms with Gasteiger partial charge < -0.3 is 9.64 Å². The van der Waals surface area contributed by atoms with Crippen molar-refractivity contribution in [1.82, 2.24) is 14.3 Å². The summed E-state index contributed by atoms with van der Waals surface area (Å²) >= 11 is 2.87. The molecule has 2 aromatic carbocycles. The van der Waals surface area contributed by atoms with Crippen molar-refractivity contribution >= 4 is 40.4 Å². The lowest BCUT2D eigenvalue weighted by molar-refractivity contribution is 0.414. The Morgan fingerprint density at radius 1 is 1.09 bits per heavy atom. The van der Waals surface area contributed by atoms with Gasteiger partial charge in [-0.25, -0.2) is 4.68 Å². The van der Waals surface area contributed by atoms with Crippen molar-refractivity contribution in [3.8, 4) is 11.4 Å². The molecule has 1 aliphatic heterocycles. The number of H-pyrrole nitrogens is 1. The molecule has 0 saturated carbocycles. The van der Waals surface area contributed by atoms with Gasteiger partial charge >= 0.3 is 0 Å². The minimum Gasteiger partial charge on any atom is -0.497 e. The van der Waals surface area contributed by atoms with Crippen molar-refractivity contribution in [2.45, 2.75) is 18.4 Å². The van der Waals surface area contributed by atoms with Crippen molar-refractivity contribution < 1.29 is 4.74 Å². The molecule has 33 heavy (non-hydrogen) atoms. The van der Waals surface area contributed by atoms with Crippen molar-refractivity contribution in [2.75, 3.05) is 19.1 Å². The van der Waals surface area contributed by atoms with E-state index in [2.05, 4.69) is 11.7 Å². The normalized spacial score (nSPS) is 15.7. The zero-order valence-electron chi connectivity index (χ0n) is 18.4. The highest BCUT2D eigenvalue weighted by molar-refractivity contribution is 8.08. The average molecular weight is 479 g/mol. The van der Waals surface area contributed by atoms with Crippen molar-refractivity contribution in [2.24, 2.45) is 0 Å². The zero-order chi connectivity index (χ0) is 23.3. The van der Waals surface area contributed by atoms with E-state index in [0.29, 0.717) is 32.0 Å². The molecule has 0 unspecified atom stereocenters. The number of hydrogen-bond acceptors (Lipinski definition) is 6. The van der Waals surface area contributed by atoms with Gasteiger partial charge in [-0.2, -0.15) is 0 Å². The fourth-order valence-electron chi connectivity index (χ4n) is 3.93. The first kappa shape index (κ1) is 21.4.